The molecule has 0 saturated carbocycles. The minimum Gasteiger partial charge on any atom is -0.346 e. The highest BCUT2D eigenvalue weighted by atomic mass is 15.2. The van der Waals surface area contributed by atoms with Gasteiger partial charge in [-0.3, -0.25) is 10.00 Å². The van der Waals surface area contributed by atoms with Crippen LogP contribution in [0.4, 0.5) is 0 Å². The van der Waals surface area contributed by atoms with Crippen LogP contribution in [0, 0.1) is 6.92 Å². The van der Waals surface area contributed by atoms with Crippen LogP contribution in [-0.2, 0) is 20.1 Å². The number of aromatic nitrogens is 3. The Hall–Kier alpha value is -2.07. The van der Waals surface area contributed by atoms with Gasteiger partial charge in [0.1, 0.15) is 0 Å². The van der Waals surface area contributed by atoms with Gasteiger partial charge in [0.25, 0.3) is 0 Å². The van der Waals surface area contributed by atoms with Crippen molar-refractivity contribution in [2.75, 3.05) is 7.05 Å². The van der Waals surface area contributed by atoms with Crippen molar-refractivity contribution in [2.24, 2.45) is 7.05 Å². The van der Waals surface area contributed by atoms with E-state index >= 15 is 0 Å². The van der Waals surface area contributed by atoms with Crippen molar-refractivity contribution in [1.82, 2.24) is 19.7 Å². The lowest BCUT2D eigenvalue weighted by atomic mass is 10.2. The molecular weight excluding hydrogens is 248 g/mol. The maximum atomic E-state index is 3.99. The Bertz CT molecular complexity index is 709. The summed E-state index contributed by atoms with van der Waals surface area (Å²) in [4.78, 5) is 2.29. The van der Waals surface area contributed by atoms with Gasteiger partial charge in [-0.25, -0.2) is 0 Å². The second-order valence-corrected chi connectivity index (χ2v) is 5.51. The van der Waals surface area contributed by atoms with Gasteiger partial charge in [-0.15, -0.1) is 0 Å². The lowest BCUT2D eigenvalue weighted by molar-refractivity contribution is 0.308. The number of hydrogen-bond acceptors (Lipinski definition) is 2. The Labute approximate surface area is 119 Å². The van der Waals surface area contributed by atoms with Crippen molar-refractivity contribution in [2.45, 2.75) is 20.0 Å². The topological polar surface area (TPSA) is 36.9 Å². The van der Waals surface area contributed by atoms with Crippen LogP contribution >= 0.6 is 0 Å². The zero-order valence-corrected chi connectivity index (χ0v) is 12.2. The van der Waals surface area contributed by atoms with Gasteiger partial charge in [0.05, 0.1) is 0 Å². The molecule has 0 saturated heterocycles. The Kier molecular flexibility index (Phi) is 3.32. The molecule has 2 aromatic heterocycles. The molecule has 104 valence electrons. The van der Waals surface area contributed by atoms with Crippen LogP contribution in [0.2, 0.25) is 0 Å². The number of fused-ring (bicyclic) bond motifs is 1. The molecule has 0 aliphatic heterocycles. The molecule has 1 N–H and O–H groups in total. The lowest BCUT2D eigenvalue weighted by Crippen LogP contribution is -2.19. The molecule has 0 unspecified atom stereocenters. The molecule has 4 heteroatoms. The third-order valence-electron chi connectivity index (χ3n) is 3.73. The van der Waals surface area contributed by atoms with Crippen molar-refractivity contribution < 1.29 is 0 Å². The molecule has 20 heavy (non-hydrogen) atoms. The van der Waals surface area contributed by atoms with E-state index in [0.717, 1.165) is 18.8 Å². The first-order valence-corrected chi connectivity index (χ1v) is 6.85. The van der Waals surface area contributed by atoms with Crippen molar-refractivity contribution in [3.8, 4) is 0 Å². The van der Waals surface area contributed by atoms with Gasteiger partial charge in [0, 0.05) is 48.6 Å². The highest BCUT2D eigenvalue weighted by molar-refractivity contribution is 5.82. The van der Waals surface area contributed by atoms with Gasteiger partial charge >= 0.3 is 0 Å². The average Bonchev–Trinajstić information content (AvgIpc) is 2.99. The number of aromatic amines is 1. The Balaban J connectivity index is 1.81. The fourth-order valence-corrected chi connectivity index (χ4v) is 2.67. The van der Waals surface area contributed by atoms with Crippen molar-refractivity contribution in [3.05, 3.63) is 53.5 Å². The van der Waals surface area contributed by atoms with E-state index in [4.69, 9.17) is 0 Å². The number of hydrogen-bond donors (Lipinski definition) is 1. The number of H-pyrrole nitrogens is 1. The first kappa shape index (κ1) is 12.9. The average molecular weight is 268 g/mol. The maximum Gasteiger partial charge on any atom is 0.0492 e. The number of benzene rings is 1. The summed E-state index contributed by atoms with van der Waals surface area (Å²) < 4.78 is 2.28. The summed E-state index contributed by atoms with van der Waals surface area (Å²) in [5.41, 5.74) is 5.07. The smallest absolute Gasteiger partial charge is 0.0492 e. The molecule has 3 aromatic rings. The van der Waals surface area contributed by atoms with Crippen molar-refractivity contribution >= 4 is 10.9 Å². The van der Waals surface area contributed by atoms with E-state index in [1.54, 1.807) is 6.20 Å². The van der Waals surface area contributed by atoms with Gasteiger partial charge in [-0.2, -0.15) is 5.10 Å². The first-order chi connectivity index (χ1) is 9.63. The van der Waals surface area contributed by atoms with Crippen LogP contribution in [0.5, 0.6) is 0 Å². The minimum absolute atomic E-state index is 0.876. The quantitative estimate of drug-likeness (QED) is 0.790. The summed E-state index contributed by atoms with van der Waals surface area (Å²) in [6, 6.07) is 10.9. The van der Waals surface area contributed by atoms with Gasteiger partial charge < -0.3 is 4.57 Å². The Morgan fingerprint density at radius 2 is 2.05 bits per heavy atom. The second-order valence-electron chi connectivity index (χ2n) is 5.51. The zero-order valence-electron chi connectivity index (χ0n) is 12.2. The molecule has 0 bridgehead atoms. The molecular formula is C16H20N4. The Morgan fingerprint density at radius 3 is 2.80 bits per heavy atom. The summed E-state index contributed by atoms with van der Waals surface area (Å²) in [5, 5.41) is 8.31. The summed E-state index contributed by atoms with van der Waals surface area (Å²) in [5.74, 6) is 0. The molecule has 0 spiro atoms. The van der Waals surface area contributed by atoms with E-state index in [1.165, 1.54) is 22.2 Å². The number of nitrogens with one attached hydrogen (secondary N) is 1. The summed E-state index contributed by atoms with van der Waals surface area (Å²) >= 11 is 0. The third kappa shape index (κ3) is 2.47. The molecule has 0 fully saturated rings. The number of aryl methyl sites for hydroxylation is 2. The van der Waals surface area contributed by atoms with Gasteiger partial charge in [-0.05, 0) is 38.2 Å². The maximum absolute atomic E-state index is 3.99. The van der Waals surface area contributed by atoms with E-state index < -0.39 is 0 Å². The molecule has 0 aliphatic rings. The molecule has 0 atom stereocenters. The normalized spacial score (nSPS) is 11.6. The number of nitrogens with zero attached hydrogens (tertiary/aromatic N) is 3. The van der Waals surface area contributed by atoms with Crippen LogP contribution in [-0.4, -0.2) is 26.7 Å². The van der Waals surface area contributed by atoms with Gasteiger partial charge in [0.2, 0.25) is 0 Å². The Morgan fingerprint density at radius 1 is 1.20 bits per heavy atom. The van der Waals surface area contributed by atoms with E-state index in [9.17, 15) is 0 Å². The first-order valence-electron chi connectivity index (χ1n) is 6.85. The number of rotatable bonds is 4. The summed E-state index contributed by atoms with van der Waals surface area (Å²) in [6.45, 7) is 3.93. The van der Waals surface area contributed by atoms with E-state index in [0.29, 0.717) is 0 Å². The largest absolute Gasteiger partial charge is 0.346 e. The SMILES string of the molecule is Cc1ccc2c(c1)cc(CN(C)Cc1ccn[nH]1)n2C. The van der Waals surface area contributed by atoms with E-state index in [2.05, 4.69) is 64.9 Å². The fourth-order valence-electron chi connectivity index (χ4n) is 2.67. The fraction of sp³-hybridized carbons (Fsp3) is 0.312. The van der Waals surface area contributed by atoms with Gasteiger partial charge in [0.15, 0.2) is 0 Å². The van der Waals surface area contributed by atoms with Crippen molar-refractivity contribution in [3.63, 3.8) is 0 Å². The molecule has 1 aromatic carbocycles. The summed E-state index contributed by atoms with van der Waals surface area (Å²) in [6.07, 6.45) is 1.79. The zero-order chi connectivity index (χ0) is 14.1. The molecule has 0 amide bonds. The van der Waals surface area contributed by atoms with Crippen LogP contribution in [0.15, 0.2) is 36.5 Å². The monoisotopic (exact) mass is 268 g/mol. The summed E-state index contributed by atoms with van der Waals surface area (Å²) in [7, 11) is 4.26. The molecule has 2 heterocycles. The van der Waals surface area contributed by atoms with Crippen LogP contribution in [0.1, 0.15) is 17.0 Å². The predicted molar refractivity (Wildman–Crippen MR) is 81.4 cm³/mol. The molecule has 4 nitrogen and oxygen atoms in total. The predicted octanol–water partition coefficient (Wildman–Crippen LogP) is 2.84. The molecule has 0 aliphatic carbocycles. The van der Waals surface area contributed by atoms with E-state index in [-0.39, 0.29) is 0 Å². The van der Waals surface area contributed by atoms with Crippen molar-refractivity contribution in [1.29, 1.82) is 0 Å². The molecule has 0 radical (unpaired) electrons. The standard InChI is InChI=1S/C16H20N4/c1-12-4-5-16-13(8-12)9-15(20(16)3)11-19(2)10-14-6-7-17-18-14/h4-9H,10-11H2,1-3H3,(H,17,18). The van der Waals surface area contributed by atoms with Crippen LogP contribution in [0.25, 0.3) is 10.9 Å². The van der Waals surface area contributed by atoms with E-state index in [1.807, 2.05) is 6.07 Å². The highest BCUT2D eigenvalue weighted by Gasteiger charge is 2.09. The minimum atomic E-state index is 0.876. The third-order valence-corrected chi connectivity index (χ3v) is 3.73. The van der Waals surface area contributed by atoms with Gasteiger partial charge in [-0.1, -0.05) is 11.6 Å². The van der Waals surface area contributed by atoms with Crippen LogP contribution < -0.4 is 0 Å². The second kappa shape index (κ2) is 5.13. The highest BCUT2D eigenvalue weighted by Crippen LogP contribution is 2.21. The molecule has 3 rings (SSSR count). The van der Waals surface area contributed by atoms with Crippen LogP contribution in [0.3, 0.4) is 0 Å². The lowest BCUT2D eigenvalue weighted by Gasteiger charge is -2.16.